The van der Waals surface area contributed by atoms with Crippen LogP contribution in [0, 0.1) is 20.8 Å². The second-order valence-electron chi connectivity index (χ2n) is 8.08. The highest BCUT2D eigenvalue weighted by Crippen LogP contribution is 2.29. The van der Waals surface area contributed by atoms with E-state index in [9.17, 15) is 14.4 Å². The van der Waals surface area contributed by atoms with E-state index in [4.69, 9.17) is 0 Å². The number of amides is 2. The molecule has 0 unspecified atom stereocenters. The lowest BCUT2D eigenvalue weighted by Crippen LogP contribution is -2.51. The Morgan fingerprint density at radius 3 is 2.25 bits per heavy atom. The molecule has 1 aliphatic heterocycles. The molecule has 1 fully saturated rings. The summed E-state index contributed by atoms with van der Waals surface area (Å²) in [5.74, 6) is 0.0588. The van der Waals surface area contributed by atoms with E-state index in [1.165, 1.54) is 16.0 Å². The number of likely N-dealkylation sites (N-methyl/N-ethyl adjacent to an activating group) is 1. The number of nitrogens with zero attached hydrogens (tertiary/aromatic N) is 6. The minimum atomic E-state index is -0.215. The van der Waals surface area contributed by atoms with Gasteiger partial charge in [0.15, 0.2) is 0 Å². The number of hydrogen-bond donors (Lipinski definition) is 0. The molecule has 3 heterocycles. The summed E-state index contributed by atoms with van der Waals surface area (Å²) in [5.41, 5.74) is 2.47. The van der Waals surface area contributed by atoms with Crippen LogP contribution in [0.4, 0.5) is 0 Å². The van der Waals surface area contributed by atoms with Gasteiger partial charge in [-0.05, 0) is 40.2 Å². The maximum Gasteiger partial charge on any atom is 0.277 e. The average Bonchev–Trinajstić information content (AvgIpc) is 3.14. The van der Waals surface area contributed by atoms with Crippen molar-refractivity contribution >= 4 is 23.2 Å². The smallest absolute Gasteiger partial charge is 0.277 e. The van der Waals surface area contributed by atoms with Crippen LogP contribution in [0.2, 0.25) is 0 Å². The van der Waals surface area contributed by atoms with Gasteiger partial charge in [0.05, 0.1) is 23.5 Å². The second-order valence-corrected chi connectivity index (χ2v) is 9.08. The summed E-state index contributed by atoms with van der Waals surface area (Å²) in [6, 6.07) is 0. The van der Waals surface area contributed by atoms with Crippen LogP contribution in [0.1, 0.15) is 40.5 Å². The van der Waals surface area contributed by atoms with Crippen molar-refractivity contribution in [3.05, 3.63) is 32.2 Å². The van der Waals surface area contributed by atoms with E-state index in [0.717, 1.165) is 11.3 Å². The zero-order valence-corrected chi connectivity index (χ0v) is 20.6. The third-order valence-electron chi connectivity index (χ3n) is 6.06. The highest BCUT2D eigenvalue weighted by molar-refractivity contribution is 7.17. The summed E-state index contributed by atoms with van der Waals surface area (Å²) < 4.78 is 1.31. The number of carbonyl (C=O) groups is 2. The summed E-state index contributed by atoms with van der Waals surface area (Å²) in [7, 11) is 1.62. The van der Waals surface area contributed by atoms with E-state index in [2.05, 4.69) is 15.0 Å². The first-order chi connectivity index (χ1) is 15.2. The number of hydrogen-bond acceptors (Lipinski definition) is 7. The van der Waals surface area contributed by atoms with Crippen LogP contribution in [0.25, 0.3) is 10.6 Å². The summed E-state index contributed by atoms with van der Waals surface area (Å²) >= 11 is 1.26. The highest BCUT2D eigenvalue weighted by Gasteiger charge is 2.28. The van der Waals surface area contributed by atoms with Crippen molar-refractivity contribution in [2.45, 2.75) is 34.6 Å². The molecule has 9 nitrogen and oxygen atoms in total. The third-order valence-corrected chi connectivity index (χ3v) is 7.23. The van der Waals surface area contributed by atoms with Gasteiger partial charge in [0.25, 0.3) is 11.5 Å². The van der Waals surface area contributed by atoms with E-state index in [1.54, 1.807) is 14.0 Å². The summed E-state index contributed by atoms with van der Waals surface area (Å²) in [6.45, 7) is 13.7. The number of carbonyl (C=O) groups excluding carboxylic acids is 2. The lowest BCUT2D eigenvalue weighted by molar-refractivity contribution is -0.132. The van der Waals surface area contributed by atoms with Crippen molar-refractivity contribution in [1.29, 1.82) is 0 Å². The molecule has 32 heavy (non-hydrogen) atoms. The highest BCUT2D eigenvalue weighted by atomic mass is 32.1. The lowest BCUT2D eigenvalue weighted by atomic mass is 10.1. The number of aryl methyl sites for hydroxylation is 3. The van der Waals surface area contributed by atoms with Crippen molar-refractivity contribution in [1.82, 2.24) is 29.5 Å². The monoisotopic (exact) mass is 460 g/mol. The Labute approximate surface area is 192 Å². The van der Waals surface area contributed by atoms with Gasteiger partial charge in [-0.25, -0.2) is 9.67 Å². The van der Waals surface area contributed by atoms with Gasteiger partial charge in [-0.15, -0.1) is 11.3 Å². The SMILES string of the molecule is CCN(CC)C(=O)CN1CCN(C(=O)c2sc(-c3c(C)c(C)nn(C)c3=O)nc2C)CC1. The predicted molar refractivity (Wildman–Crippen MR) is 125 cm³/mol. The number of thiazole rings is 1. The van der Waals surface area contributed by atoms with Crippen molar-refractivity contribution in [2.24, 2.45) is 7.05 Å². The maximum atomic E-state index is 13.2. The van der Waals surface area contributed by atoms with Gasteiger partial charge >= 0.3 is 0 Å². The molecule has 2 aromatic rings. The normalized spacial score (nSPS) is 14.6. The Morgan fingerprint density at radius 1 is 1.03 bits per heavy atom. The first kappa shape index (κ1) is 24.1. The molecule has 0 saturated carbocycles. The molecule has 2 amide bonds. The standard InChI is InChI=1S/C22H32N6O3S/c1-7-27(8-2)17(29)13-26-9-11-28(12-10-26)22(31)19-16(5)23-20(32-19)18-14(3)15(4)24-25(6)21(18)30/h7-13H2,1-6H3. The van der Waals surface area contributed by atoms with Gasteiger partial charge in [-0.3, -0.25) is 19.3 Å². The molecular formula is C22H32N6O3S. The zero-order valence-electron chi connectivity index (χ0n) is 19.8. The fraction of sp³-hybridized carbons (Fsp3) is 0.591. The van der Waals surface area contributed by atoms with Crippen LogP contribution in [0.5, 0.6) is 0 Å². The molecule has 3 rings (SSSR count). The molecule has 0 radical (unpaired) electrons. The summed E-state index contributed by atoms with van der Waals surface area (Å²) in [6.07, 6.45) is 0. The van der Waals surface area contributed by atoms with Crippen LogP contribution in [-0.2, 0) is 11.8 Å². The van der Waals surface area contributed by atoms with Crippen molar-refractivity contribution < 1.29 is 9.59 Å². The molecule has 0 atom stereocenters. The van der Waals surface area contributed by atoms with Crippen molar-refractivity contribution in [3.8, 4) is 10.6 Å². The largest absolute Gasteiger partial charge is 0.342 e. The van der Waals surface area contributed by atoms with Crippen LogP contribution < -0.4 is 5.56 Å². The molecule has 174 valence electrons. The third kappa shape index (κ3) is 4.75. The second kappa shape index (κ2) is 9.91. The minimum Gasteiger partial charge on any atom is -0.342 e. The molecule has 0 aliphatic carbocycles. The van der Waals surface area contributed by atoms with Gasteiger partial charge in [0.1, 0.15) is 9.88 Å². The van der Waals surface area contributed by atoms with Gasteiger partial charge in [0, 0.05) is 46.3 Å². The first-order valence-electron chi connectivity index (χ1n) is 11.0. The van der Waals surface area contributed by atoms with Gasteiger partial charge in [0.2, 0.25) is 5.91 Å². The molecular weight excluding hydrogens is 428 g/mol. The Morgan fingerprint density at radius 2 is 1.66 bits per heavy atom. The Kier molecular flexibility index (Phi) is 7.45. The predicted octanol–water partition coefficient (Wildman–Crippen LogP) is 1.46. The number of aromatic nitrogens is 3. The molecule has 0 aromatic carbocycles. The molecule has 1 aliphatic rings. The van der Waals surface area contributed by atoms with Crippen molar-refractivity contribution in [3.63, 3.8) is 0 Å². The summed E-state index contributed by atoms with van der Waals surface area (Å²) in [4.78, 5) is 49.1. The lowest BCUT2D eigenvalue weighted by Gasteiger charge is -2.35. The van der Waals surface area contributed by atoms with E-state index in [0.29, 0.717) is 67.0 Å². The van der Waals surface area contributed by atoms with E-state index < -0.39 is 0 Å². The van der Waals surface area contributed by atoms with E-state index in [-0.39, 0.29) is 17.4 Å². The average molecular weight is 461 g/mol. The Hall–Kier alpha value is -2.59. The Balaban J connectivity index is 1.73. The number of piperazine rings is 1. The van der Waals surface area contributed by atoms with Crippen LogP contribution >= 0.6 is 11.3 Å². The maximum absolute atomic E-state index is 13.2. The fourth-order valence-electron chi connectivity index (χ4n) is 3.92. The summed E-state index contributed by atoms with van der Waals surface area (Å²) in [5, 5.41) is 4.77. The van der Waals surface area contributed by atoms with Crippen LogP contribution in [0.15, 0.2) is 4.79 Å². The topological polar surface area (TPSA) is 91.6 Å². The van der Waals surface area contributed by atoms with Crippen molar-refractivity contribution in [2.75, 3.05) is 45.8 Å². The molecule has 0 bridgehead atoms. The van der Waals surface area contributed by atoms with E-state index in [1.807, 2.05) is 37.5 Å². The minimum absolute atomic E-state index is 0.0683. The first-order valence-corrected chi connectivity index (χ1v) is 11.8. The van der Waals surface area contributed by atoms with Gasteiger partial charge in [-0.1, -0.05) is 0 Å². The Bertz CT molecular complexity index is 1060. The molecule has 1 saturated heterocycles. The quantitative estimate of drug-likeness (QED) is 0.648. The van der Waals surface area contributed by atoms with Crippen LogP contribution in [-0.4, -0.2) is 87.1 Å². The number of rotatable bonds is 6. The molecule has 2 aromatic heterocycles. The fourth-order valence-corrected chi connectivity index (χ4v) is 5.05. The van der Waals surface area contributed by atoms with E-state index >= 15 is 0 Å². The van der Waals surface area contributed by atoms with Gasteiger partial charge < -0.3 is 9.80 Å². The zero-order chi connectivity index (χ0) is 23.6. The molecule has 0 spiro atoms. The van der Waals surface area contributed by atoms with Gasteiger partial charge in [-0.2, -0.15) is 5.10 Å². The molecule has 0 N–H and O–H groups in total. The van der Waals surface area contributed by atoms with Crippen LogP contribution in [0.3, 0.4) is 0 Å². The molecule has 10 heteroatoms.